The van der Waals surface area contributed by atoms with Gasteiger partial charge in [-0.3, -0.25) is 14.9 Å². The molecule has 1 unspecified atom stereocenters. The van der Waals surface area contributed by atoms with Gasteiger partial charge in [-0.1, -0.05) is 13.0 Å². The Morgan fingerprint density at radius 1 is 1.44 bits per heavy atom. The van der Waals surface area contributed by atoms with E-state index in [2.05, 4.69) is 22.5 Å². The zero-order valence-corrected chi connectivity index (χ0v) is 15.8. The third kappa shape index (κ3) is 4.65. The molecule has 134 valence electrons. The van der Waals surface area contributed by atoms with Crippen LogP contribution in [0.1, 0.15) is 35.1 Å². The fourth-order valence-electron chi connectivity index (χ4n) is 2.93. The van der Waals surface area contributed by atoms with Crippen molar-refractivity contribution in [1.82, 2.24) is 15.2 Å². The van der Waals surface area contributed by atoms with Gasteiger partial charge in [-0.25, -0.2) is 4.98 Å². The van der Waals surface area contributed by atoms with E-state index in [0.29, 0.717) is 15.7 Å². The van der Waals surface area contributed by atoms with E-state index in [9.17, 15) is 9.59 Å². The summed E-state index contributed by atoms with van der Waals surface area (Å²) < 4.78 is 0. The average Bonchev–Trinajstić information content (AvgIpc) is 3.34. The van der Waals surface area contributed by atoms with Crippen LogP contribution in [-0.4, -0.2) is 47.4 Å². The molecule has 2 aromatic rings. The Kier molecular flexibility index (Phi) is 6.17. The van der Waals surface area contributed by atoms with E-state index in [4.69, 9.17) is 0 Å². The first-order valence-corrected chi connectivity index (χ1v) is 10.2. The van der Waals surface area contributed by atoms with Crippen LogP contribution in [0.3, 0.4) is 0 Å². The smallest absolute Gasteiger partial charge is 0.267 e. The highest BCUT2D eigenvalue weighted by Gasteiger charge is 2.26. The number of hydrogen-bond donors (Lipinski definition) is 2. The van der Waals surface area contributed by atoms with E-state index in [0.717, 1.165) is 32.5 Å². The monoisotopic (exact) mass is 378 g/mol. The Hall–Kier alpha value is -1.77. The summed E-state index contributed by atoms with van der Waals surface area (Å²) in [6.07, 6.45) is 2.23. The third-order valence-corrected chi connectivity index (χ3v) is 5.78. The fourth-order valence-corrected chi connectivity index (χ4v) is 4.25. The van der Waals surface area contributed by atoms with Crippen molar-refractivity contribution < 1.29 is 9.59 Å². The van der Waals surface area contributed by atoms with Gasteiger partial charge in [0.15, 0.2) is 5.13 Å². The SMILES string of the molecule is CCCN(C(=O)Cc1csc(NC(=O)c2cccs2)n1)C1CCNC1. The number of thiophene rings is 1. The van der Waals surface area contributed by atoms with E-state index in [1.807, 2.05) is 21.7 Å². The minimum atomic E-state index is -0.160. The predicted octanol–water partition coefficient (Wildman–Crippen LogP) is 2.60. The molecule has 1 aliphatic heterocycles. The van der Waals surface area contributed by atoms with Gasteiger partial charge in [0, 0.05) is 24.5 Å². The number of amides is 2. The molecule has 3 rings (SSSR count). The topological polar surface area (TPSA) is 74.3 Å². The maximum atomic E-state index is 12.7. The summed E-state index contributed by atoms with van der Waals surface area (Å²) in [5, 5.41) is 10.3. The van der Waals surface area contributed by atoms with Crippen molar-refractivity contribution in [3.05, 3.63) is 33.5 Å². The van der Waals surface area contributed by atoms with E-state index < -0.39 is 0 Å². The summed E-state index contributed by atoms with van der Waals surface area (Å²) in [4.78, 5) is 31.8. The van der Waals surface area contributed by atoms with Gasteiger partial charge in [0.1, 0.15) is 0 Å². The van der Waals surface area contributed by atoms with Crippen molar-refractivity contribution in [2.24, 2.45) is 0 Å². The van der Waals surface area contributed by atoms with Gasteiger partial charge in [-0.05, 0) is 30.8 Å². The lowest BCUT2D eigenvalue weighted by atomic mass is 10.2. The van der Waals surface area contributed by atoms with Gasteiger partial charge >= 0.3 is 0 Å². The van der Waals surface area contributed by atoms with Crippen LogP contribution in [0.25, 0.3) is 0 Å². The van der Waals surface area contributed by atoms with Crippen molar-refractivity contribution in [3.8, 4) is 0 Å². The summed E-state index contributed by atoms with van der Waals surface area (Å²) in [6, 6.07) is 3.89. The molecule has 1 atom stereocenters. The molecule has 25 heavy (non-hydrogen) atoms. The summed E-state index contributed by atoms with van der Waals surface area (Å²) in [5.74, 6) is -0.0520. The van der Waals surface area contributed by atoms with Gasteiger partial charge in [-0.2, -0.15) is 0 Å². The molecular weight excluding hydrogens is 356 g/mol. The molecule has 3 heterocycles. The van der Waals surface area contributed by atoms with E-state index >= 15 is 0 Å². The zero-order valence-electron chi connectivity index (χ0n) is 14.2. The van der Waals surface area contributed by atoms with Crippen molar-refractivity contribution in [1.29, 1.82) is 0 Å². The Balaban J connectivity index is 1.59. The lowest BCUT2D eigenvalue weighted by molar-refractivity contribution is -0.132. The third-order valence-electron chi connectivity index (χ3n) is 4.11. The minimum absolute atomic E-state index is 0.108. The molecule has 1 saturated heterocycles. The van der Waals surface area contributed by atoms with Crippen LogP contribution in [0.2, 0.25) is 0 Å². The van der Waals surface area contributed by atoms with Gasteiger partial charge in [0.05, 0.1) is 17.0 Å². The molecule has 8 heteroatoms. The molecule has 0 spiro atoms. The minimum Gasteiger partial charge on any atom is -0.338 e. The van der Waals surface area contributed by atoms with E-state index in [-0.39, 0.29) is 24.3 Å². The normalized spacial score (nSPS) is 16.8. The number of carbonyl (C=O) groups is 2. The van der Waals surface area contributed by atoms with Crippen molar-refractivity contribution >= 4 is 39.6 Å². The molecule has 1 fully saturated rings. The first kappa shape index (κ1) is 18.0. The molecular formula is C17H22N4O2S2. The second kappa shape index (κ2) is 8.55. The number of nitrogens with zero attached hydrogens (tertiary/aromatic N) is 2. The van der Waals surface area contributed by atoms with Gasteiger partial charge in [0.2, 0.25) is 5.91 Å². The number of hydrogen-bond acceptors (Lipinski definition) is 6. The highest BCUT2D eigenvalue weighted by atomic mass is 32.1. The summed E-state index contributed by atoms with van der Waals surface area (Å²) in [7, 11) is 0. The van der Waals surface area contributed by atoms with Crippen LogP contribution in [0.15, 0.2) is 22.9 Å². The van der Waals surface area contributed by atoms with Crippen molar-refractivity contribution in [2.45, 2.75) is 32.2 Å². The second-order valence-corrected chi connectivity index (χ2v) is 7.79. The molecule has 2 aromatic heterocycles. The average molecular weight is 379 g/mol. The lowest BCUT2D eigenvalue weighted by Crippen LogP contribution is -2.42. The largest absolute Gasteiger partial charge is 0.338 e. The number of aromatic nitrogens is 1. The number of thiazole rings is 1. The van der Waals surface area contributed by atoms with Crippen LogP contribution in [0.5, 0.6) is 0 Å². The molecule has 0 saturated carbocycles. The van der Waals surface area contributed by atoms with Crippen LogP contribution in [0, 0.1) is 0 Å². The molecule has 0 aromatic carbocycles. The van der Waals surface area contributed by atoms with Crippen LogP contribution < -0.4 is 10.6 Å². The Labute approximate surface area is 155 Å². The highest BCUT2D eigenvalue weighted by Crippen LogP contribution is 2.19. The Morgan fingerprint density at radius 3 is 3.00 bits per heavy atom. The summed E-state index contributed by atoms with van der Waals surface area (Å²) in [5.41, 5.74) is 0.712. The van der Waals surface area contributed by atoms with Crippen LogP contribution >= 0.6 is 22.7 Å². The molecule has 1 aliphatic rings. The van der Waals surface area contributed by atoms with Crippen molar-refractivity contribution in [3.63, 3.8) is 0 Å². The van der Waals surface area contributed by atoms with Crippen molar-refractivity contribution in [2.75, 3.05) is 25.0 Å². The summed E-state index contributed by atoms with van der Waals surface area (Å²) in [6.45, 7) is 4.69. The number of nitrogens with one attached hydrogen (secondary N) is 2. The van der Waals surface area contributed by atoms with Gasteiger partial charge in [-0.15, -0.1) is 22.7 Å². The summed E-state index contributed by atoms with van der Waals surface area (Å²) >= 11 is 2.74. The fraction of sp³-hybridized carbons (Fsp3) is 0.471. The van der Waals surface area contributed by atoms with Gasteiger partial charge in [0.25, 0.3) is 5.91 Å². The quantitative estimate of drug-likeness (QED) is 0.777. The van der Waals surface area contributed by atoms with E-state index in [1.165, 1.54) is 22.7 Å². The standard InChI is InChI=1S/C17H22N4O2S2/c1-2-7-21(13-5-6-18-10-13)15(22)9-12-11-25-17(19-12)20-16(23)14-4-3-8-24-14/h3-4,8,11,13,18H,2,5-7,9-10H2,1H3,(H,19,20,23). The second-order valence-electron chi connectivity index (χ2n) is 5.99. The lowest BCUT2D eigenvalue weighted by Gasteiger charge is -2.28. The maximum absolute atomic E-state index is 12.7. The molecule has 2 N–H and O–H groups in total. The molecule has 0 radical (unpaired) electrons. The Morgan fingerprint density at radius 2 is 2.32 bits per heavy atom. The first-order valence-electron chi connectivity index (χ1n) is 8.46. The molecule has 0 aliphatic carbocycles. The maximum Gasteiger partial charge on any atom is 0.267 e. The Bertz CT molecular complexity index is 708. The van der Waals surface area contributed by atoms with Crippen LogP contribution in [-0.2, 0) is 11.2 Å². The zero-order chi connectivity index (χ0) is 17.6. The van der Waals surface area contributed by atoms with Gasteiger partial charge < -0.3 is 10.2 Å². The predicted molar refractivity (Wildman–Crippen MR) is 101 cm³/mol. The highest BCUT2D eigenvalue weighted by molar-refractivity contribution is 7.14. The molecule has 6 nitrogen and oxygen atoms in total. The molecule has 0 bridgehead atoms. The molecule has 2 amide bonds. The van der Waals surface area contributed by atoms with E-state index in [1.54, 1.807) is 6.07 Å². The first-order chi connectivity index (χ1) is 12.2. The number of anilines is 1. The number of rotatable bonds is 7. The number of carbonyl (C=O) groups excluding carboxylic acids is 2. The van der Waals surface area contributed by atoms with Crippen LogP contribution in [0.4, 0.5) is 5.13 Å².